The lowest BCUT2D eigenvalue weighted by Gasteiger charge is -2.17. The van der Waals surface area contributed by atoms with Crippen molar-refractivity contribution in [2.24, 2.45) is 5.73 Å². The third-order valence-corrected chi connectivity index (χ3v) is 2.47. The maximum absolute atomic E-state index is 13.1. The summed E-state index contributed by atoms with van der Waals surface area (Å²) >= 11 is 5.91. The van der Waals surface area contributed by atoms with Crippen LogP contribution >= 0.6 is 11.6 Å². The molecule has 0 amide bonds. The van der Waals surface area contributed by atoms with Crippen LogP contribution in [0, 0.1) is 5.82 Å². The van der Waals surface area contributed by atoms with Gasteiger partial charge in [0.2, 0.25) is 0 Å². The fraction of sp³-hybridized carbons (Fsp3) is 0.400. The van der Waals surface area contributed by atoms with Gasteiger partial charge in [-0.05, 0) is 13.0 Å². The van der Waals surface area contributed by atoms with Gasteiger partial charge < -0.3 is 15.6 Å². The second-order valence-corrected chi connectivity index (χ2v) is 3.69. The molecule has 84 valence electrons. The molecule has 0 aliphatic carbocycles. The van der Waals surface area contributed by atoms with E-state index >= 15 is 0 Å². The number of methoxy groups -OCH3 is 1. The molecule has 0 saturated carbocycles. The molecule has 15 heavy (non-hydrogen) atoms. The topological polar surface area (TPSA) is 55.5 Å². The van der Waals surface area contributed by atoms with E-state index in [1.54, 1.807) is 6.92 Å². The fourth-order valence-electron chi connectivity index (χ4n) is 1.23. The average molecular weight is 234 g/mol. The minimum absolute atomic E-state index is 0.184. The van der Waals surface area contributed by atoms with Crippen LogP contribution in [0.2, 0.25) is 5.02 Å². The van der Waals surface area contributed by atoms with E-state index in [9.17, 15) is 9.50 Å². The lowest BCUT2D eigenvalue weighted by Crippen LogP contribution is -2.24. The number of rotatable bonds is 3. The van der Waals surface area contributed by atoms with Crippen LogP contribution in [-0.2, 0) is 0 Å². The highest BCUT2D eigenvalue weighted by atomic mass is 35.5. The Bertz CT molecular complexity index is 358. The molecule has 2 unspecified atom stereocenters. The molecule has 1 rings (SSSR count). The van der Waals surface area contributed by atoms with E-state index in [0.717, 1.165) is 12.1 Å². The minimum Gasteiger partial charge on any atom is -0.495 e. The summed E-state index contributed by atoms with van der Waals surface area (Å²) in [6.07, 6.45) is -1.01. The standard InChI is InChI=1S/C10H13ClFNO2/c1-5(13)10(14)7-3-6(12)4-8(15-2)9(7)11/h3-5,10,14H,13H2,1-2H3. The van der Waals surface area contributed by atoms with Crippen LogP contribution < -0.4 is 10.5 Å². The van der Waals surface area contributed by atoms with E-state index < -0.39 is 18.0 Å². The molecule has 0 fully saturated rings. The first-order valence-electron chi connectivity index (χ1n) is 4.44. The zero-order valence-electron chi connectivity index (χ0n) is 8.50. The van der Waals surface area contributed by atoms with Crippen molar-refractivity contribution in [3.05, 3.63) is 28.5 Å². The SMILES string of the molecule is COc1cc(F)cc(C(O)C(C)N)c1Cl. The Kier molecular flexibility index (Phi) is 3.90. The zero-order chi connectivity index (χ0) is 11.6. The van der Waals surface area contributed by atoms with Gasteiger partial charge in [0.05, 0.1) is 18.2 Å². The second kappa shape index (κ2) is 4.79. The van der Waals surface area contributed by atoms with Gasteiger partial charge in [-0.1, -0.05) is 11.6 Å². The molecule has 0 spiro atoms. The van der Waals surface area contributed by atoms with Crippen molar-refractivity contribution in [3.63, 3.8) is 0 Å². The van der Waals surface area contributed by atoms with Crippen LogP contribution in [0.25, 0.3) is 0 Å². The second-order valence-electron chi connectivity index (χ2n) is 3.32. The summed E-state index contributed by atoms with van der Waals surface area (Å²) < 4.78 is 18.0. The molecular weight excluding hydrogens is 221 g/mol. The van der Waals surface area contributed by atoms with E-state index in [4.69, 9.17) is 22.1 Å². The van der Waals surface area contributed by atoms with Gasteiger partial charge in [0.15, 0.2) is 0 Å². The Balaban J connectivity index is 3.22. The first-order chi connectivity index (χ1) is 6.97. The third-order valence-electron chi connectivity index (χ3n) is 2.07. The van der Waals surface area contributed by atoms with Gasteiger partial charge in [-0.3, -0.25) is 0 Å². The predicted molar refractivity (Wildman–Crippen MR) is 56.6 cm³/mol. The van der Waals surface area contributed by atoms with Gasteiger partial charge in [0.25, 0.3) is 0 Å². The average Bonchev–Trinajstić information content (AvgIpc) is 2.19. The summed E-state index contributed by atoms with van der Waals surface area (Å²) in [5, 5.41) is 9.88. The summed E-state index contributed by atoms with van der Waals surface area (Å²) in [6, 6.07) is 1.77. The van der Waals surface area contributed by atoms with Crippen molar-refractivity contribution in [2.45, 2.75) is 19.1 Å². The number of aliphatic hydroxyl groups is 1. The van der Waals surface area contributed by atoms with Crippen molar-refractivity contribution in [1.82, 2.24) is 0 Å². The normalized spacial score (nSPS) is 14.8. The van der Waals surface area contributed by atoms with Crippen LogP contribution in [0.4, 0.5) is 4.39 Å². The Hall–Kier alpha value is -0.840. The Labute approximate surface area is 92.6 Å². The quantitative estimate of drug-likeness (QED) is 0.838. The molecule has 3 nitrogen and oxygen atoms in total. The molecule has 0 radical (unpaired) electrons. The smallest absolute Gasteiger partial charge is 0.140 e. The number of nitrogens with two attached hydrogens (primary N) is 1. The summed E-state index contributed by atoms with van der Waals surface area (Å²) in [7, 11) is 1.38. The van der Waals surface area contributed by atoms with Gasteiger partial charge in [-0.25, -0.2) is 4.39 Å². The molecular formula is C10H13ClFNO2. The van der Waals surface area contributed by atoms with Crippen molar-refractivity contribution in [2.75, 3.05) is 7.11 Å². The Morgan fingerprint density at radius 3 is 2.60 bits per heavy atom. The molecule has 0 bridgehead atoms. The van der Waals surface area contributed by atoms with Crippen LogP contribution in [-0.4, -0.2) is 18.3 Å². The lowest BCUT2D eigenvalue weighted by atomic mass is 10.0. The van der Waals surface area contributed by atoms with Gasteiger partial charge >= 0.3 is 0 Å². The first kappa shape index (κ1) is 12.2. The van der Waals surface area contributed by atoms with Gasteiger partial charge in [0.1, 0.15) is 11.6 Å². The van der Waals surface area contributed by atoms with Gasteiger partial charge in [-0.15, -0.1) is 0 Å². The van der Waals surface area contributed by atoms with Crippen molar-refractivity contribution in [1.29, 1.82) is 0 Å². The summed E-state index contributed by atoms with van der Waals surface area (Å²) in [4.78, 5) is 0. The van der Waals surface area contributed by atoms with Crippen molar-refractivity contribution >= 4 is 11.6 Å². The van der Waals surface area contributed by atoms with Crippen molar-refractivity contribution < 1.29 is 14.2 Å². The third kappa shape index (κ3) is 2.59. The molecule has 0 saturated heterocycles. The predicted octanol–water partition coefficient (Wildman–Crippen LogP) is 1.87. The number of benzene rings is 1. The number of halogens is 2. The van der Waals surface area contributed by atoms with Gasteiger partial charge in [-0.2, -0.15) is 0 Å². The van der Waals surface area contributed by atoms with E-state index in [0.29, 0.717) is 0 Å². The van der Waals surface area contributed by atoms with Crippen LogP contribution in [0.15, 0.2) is 12.1 Å². The van der Waals surface area contributed by atoms with E-state index in [1.165, 1.54) is 7.11 Å². The van der Waals surface area contributed by atoms with Crippen molar-refractivity contribution in [3.8, 4) is 5.75 Å². The molecule has 1 aromatic rings. The molecule has 0 aliphatic rings. The molecule has 0 aliphatic heterocycles. The number of hydrogen-bond acceptors (Lipinski definition) is 3. The highest BCUT2D eigenvalue weighted by Gasteiger charge is 2.19. The maximum Gasteiger partial charge on any atom is 0.140 e. The summed E-state index contributed by atoms with van der Waals surface area (Å²) in [5.41, 5.74) is 5.75. The number of ether oxygens (including phenoxy) is 1. The number of hydrogen-bond donors (Lipinski definition) is 2. The van der Waals surface area contributed by atoms with Crippen LogP contribution in [0.5, 0.6) is 5.75 Å². The van der Waals surface area contributed by atoms with E-state index in [2.05, 4.69) is 0 Å². The Morgan fingerprint density at radius 2 is 2.13 bits per heavy atom. The first-order valence-corrected chi connectivity index (χ1v) is 4.81. The molecule has 2 atom stereocenters. The zero-order valence-corrected chi connectivity index (χ0v) is 9.25. The van der Waals surface area contributed by atoms with Crippen LogP contribution in [0.3, 0.4) is 0 Å². The fourth-order valence-corrected chi connectivity index (χ4v) is 1.53. The summed E-state index contributed by atoms with van der Waals surface area (Å²) in [5.74, 6) is -0.336. The van der Waals surface area contributed by atoms with E-state index in [1.807, 2.05) is 0 Å². The molecule has 0 aromatic heterocycles. The highest BCUT2D eigenvalue weighted by Crippen LogP contribution is 2.33. The summed E-state index contributed by atoms with van der Waals surface area (Å²) in [6.45, 7) is 1.61. The van der Waals surface area contributed by atoms with E-state index in [-0.39, 0.29) is 16.3 Å². The minimum atomic E-state index is -1.01. The molecule has 5 heteroatoms. The Morgan fingerprint density at radius 1 is 1.53 bits per heavy atom. The lowest BCUT2D eigenvalue weighted by molar-refractivity contribution is 0.152. The largest absolute Gasteiger partial charge is 0.495 e. The maximum atomic E-state index is 13.1. The number of aliphatic hydroxyl groups excluding tert-OH is 1. The monoisotopic (exact) mass is 233 g/mol. The van der Waals surface area contributed by atoms with Crippen LogP contribution in [0.1, 0.15) is 18.6 Å². The highest BCUT2D eigenvalue weighted by molar-refractivity contribution is 6.32. The molecule has 3 N–H and O–H groups in total. The van der Waals surface area contributed by atoms with Gasteiger partial charge in [0, 0.05) is 17.7 Å². The molecule has 0 heterocycles. The molecule has 1 aromatic carbocycles.